The predicted octanol–water partition coefficient (Wildman–Crippen LogP) is 4.28. The molecular weight excluding hydrogens is 312 g/mol. The lowest BCUT2D eigenvalue weighted by atomic mass is 9.72. The number of ether oxygens (including phenoxy) is 1. The van der Waals surface area contributed by atoms with Crippen LogP contribution in [0.3, 0.4) is 0 Å². The Morgan fingerprint density at radius 2 is 2.00 bits per heavy atom. The molecule has 25 heavy (non-hydrogen) atoms. The molecule has 1 saturated carbocycles. The monoisotopic (exact) mass is 338 g/mol. The van der Waals surface area contributed by atoms with Crippen molar-refractivity contribution in [1.82, 2.24) is 9.88 Å². The minimum atomic E-state index is 0.0628. The second-order valence-electron chi connectivity index (χ2n) is 7.52. The van der Waals surface area contributed by atoms with Crippen molar-refractivity contribution >= 4 is 16.7 Å². The molecule has 4 rings (SSSR count). The first kappa shape index (κ1) is 16.4. The highest BCUT2D eigenvalue weighted by molar-refractivity contribution is 5.98. The van der Waals surface area contributed by atoms with Gasteiger partial charge in [0.15, 0.2) is 0 Å². The Morgan fingerprint density at radius 3 is 2.84 bits per heavy atom. The van der Waals surface area contributed by atoms with Gasteiger partial charge in [0.2, 0.25) is 5.88 Å². The number of hydrogen-bond donors (Lipinski definition) is 0. The Kier molecular flexibility index (Phi) is 4.36. The number of aromatic nitrogens is 1. The molecule has 2 aliphatic rings. The third-order valence-corrected chi connectivity index (χ3v) is 6.12. The topological polar surface area (TPSA) is 42.4 Å². The summed E-state index contributed by atoms with van der Waals surface area (Å²) >= 11 is 0. The van der Waals surface area contributed by atoms with E-state index in [1.807, 2.05) is 30.3 Å². The van der Waals surface area contributed by atoms with E-state index in [2.05, 4.69) is 16.8 Å². The molecule has 2 aromatic rings. The first-order valence-electron chi connectivity index (χ1n) is 9.44. The number of methoxy groups -OCH3 is 1. The third-order valence-electron chi connectivity index (χ3n) is 6.12. The molecule has 0 spiro atoms. The Balaban J connectivity index is 1.69. The summed E-state index contributed by atoms with van der Waals surface area (Å²) < 4.78 is 5.45. The van der Waals surface area contributed by atoms with Crippen LogP contribution in [0.2, 0.25) is 0 Å². The summed E-state index contributed by atoms with van der Waals surface area (Å²) in [4.78, 5) is 19.9. The molecule has 2 fully saturated rings. The Labute approximate surface area is 149 Å². The van der Waals surface area contributed by atoms with Crippen LogP contribution in [-0.4, -0.2) is 35.5 Å². The molecule has 132 valence electrons. The zero-order chi connectivity index (χ0) is 17.4. The zero-order valence-electron chi connectivity index (χ0n) is 15.1. The van der Waals surface area contributed by atoms with Gasteiger partial charge in [0.1, 0.15) is 5.69 Å². The van der Waals surface area contributed by atoms with Crippen LogP contribution < -0.4 is 4.74 Å². The number of benzene rings is 1. The molecule has 2 heterocycles. The molecule has 1 saturated heterocycles. The van der Waals surface area contributed by atoms with E-state index in [9.17, 15) is 4.79 Å². The molecule has 0 bridgehead atoms. The molecule has 3 atom stereocenters. The minimum absolute atomic E-state index is 0.0628. The van der Waals surface area contributed by atoms with Gasteiger partial charge in [-0.2, -0.15) is 0 Å². The quantitative estimate of drug-likeness (QED) is 0.820. The van der Waals surface area contributed by atoms with Gasteiger partial charge in [0, 0.05) is 18.0 Å². The van der Waals surface area contributed by atoms with Crippen molar-refractivity contribution < 1.29 is 9.53 Å². The number of likely N-dealkylation sites (tertiary alicyclic amines) is 1. The lowest BCUT2D eigenvalue weighted by molar-refractivity contribution is 0.0213. The number of amides is 1. The summed E-state index contributed by atoms with van der Waals surface area (Å²) in [5.41, 5.74) is 0.509. The highest BCUT2D eigenvalue weighted by atomic mass is 16.5. The van der Waals surface area contributed by atoms with Crippen molar-refractivity contribution in [2.75, 3.05) is 13.7 Å². The Bertz CT molecular complexity index is 789. The summed E-state index contributed by atoms with van der Waals surface area (Å²) in [6, 6.07) is 10.2. The molecule has 0 N–H and O–H groups in total. The first-order chi connectivity index (χ1) is 12.2. The molecule has 1 aliphatic heterocycles. The maximum absolute atomic E-state index is 13.3. The van der Waals surface area contributed by atoms with Gasteiger partial charge in [0.25, 0.3) is 5.91 Å². The number of piperidine rings is 1. The lowest BCUT2D eigenvalue weighted by Crippen LogP contribution is -2.52. The summed E-state index contributed by atoms with van der Waals surface area (Å²) in [5, 5.41) is 1.95. The second kappa shape index (κ2) is 6.66. The molecule has 0 radical (unpaired) electrons. The summed E-state index contributed by atoms with van der Waals surface area (Å²) in [6.07, 6.45) is 6.01. The van der Waals surface area contributed by atoms with Gasteiger partial charge in [-0.25, -0.2) is 4.98 Å². The summed E-state index contributed by atoms with van der Waals surface area (Å²) in [6.45, 7) is 3.19. The highest BCUT2D eigenvalue weighted by Gasteiger charge is 2.40. The molecule has 1 aliphatic carbocycles. The Hall–Kier alpha value is -2.10. The number of rotatable bonds is 2. The zero-order valence-corrected chi connectivity index (χ0v) is 15.1. The minimum Gasteiger partial charge on any atom is -0.481 e. The lowest BCUT2D eigenvalue weighted by Gasteiger charge is -2.47. The van der Waals surface area contributed by atoms with Crippen molar-refractivity contribution in [1.29, 1.82) is 0 Å². The molecule has 0 unspecified atom stereocenters. The Morgan fingerprint density at radius 1 is 1.20 bits per heavy atom. The van der Waals surface area contributed by atoms with Crippen LogP contribution in [0.25, 0.3) is 10.8 Å². The average molecular weight is 338 g/mol. The van der Waals surface area contributed by atoms with Gasteiger partial charge >= 0.3 is 0 Å². The van der Waals surface area contributed by atoms with Gasteiger partial charge in [-0.3, -0.25) is 4.79 Å². The van der Waals surface area contributed by atoms with Crippen LogP contribution in [0, 0.1) is 11.8 Å². The van der Waals surface area contributed by atoms with Gasteiger partial charge < -0.3 is 9.64 Å². The van der Waals surface area contributed by atoms with Crippen molar-refractivity contribution in [3.05, 3.63) is 36.0 Å². The maximum atomic E-state index is 13.3. The van der Waals surface area contributed by atoms with Crippen LogP contribution in [0.1, 0.15) is 49.5 Å². The molecular formula is C21H26N2O2. The fraction of sp³-hybridized carbons (Fsp3) is 0.524. The predicted molar refractivity (Wildman–Crippen MR) is 98.9 cm³/mol. The number of carbonyl (C=O) groups is 1. The van der Waals surface area contributed by atoms with E-state index in [-0.39, 0.29) is 5.91 Å². The van der Waals surface area contributed by atoms with Crippen molar-refractivity contribution in [2.45, 2.75) is 45.1 Å². The molecule has 1 amide bonds. The van der Waals surface area contributed by atoms with Crippen LogP contribution in [0.4, 0.5) is 0 Å². The molecule has 1 aromatic heterocycles. The van der Waals surface area contributed by atoms with Crippen LogP contribution >= 0.6 is 0 Å². The maximum Gasteiger partial charge on any atom is 0.272 e. The van der Waals surface area contributed by atoms with Gasteiger partial charge in [-0.05, 0) is 48.6 Å². The SMILES string of the molecule is COc1nc(C(=O)N2CC[C@H](C)[C@@H]3CCCC[C@H]32)cc2ccccc12. The second-order valence-corrected chi connectivity index (χ2v) is 7.52. The van der Waals surface area contributed by atoms with Crippen LogP contribution in [-0.2, 0) is 0 Å². The summed E-state index contributed by atoms with van der Waals surface area (Å²) in [7, 11) is 1.61. The van der Waals surface area contributed by atoms with Crippen LogP contribution in [0.15, 0.2) is 30.3 Å². The van der Waals surface area contributed by atoms with Crippen molar-refractivity contribution in [2.24, 2.45) is 11.8 Å². The standard InChI is InChI=1S/C21H26N2O2/c1-14-11-12-23(19-10-6-5-8-16(14)19)21(24)18-13-15-7-3-4-9-17(15)20(22-18)25-2/h3-4,7,9,13-14,16,19H,5-6,8,10-12H2,1-2H3/t14-,16-,19+/m0/s1. The largest absolute Gasteiger partial charge is 0.481 e. The smallest absolute Gasteiger partial charge is 0.272 e. The molecule has 4 nitrogen and oxygen atoms in total. The first-order valence-corrected chi connectivity index (χ1v) is 9.44. The van der Waals surface area contributed by atoms with Crippen LogP contribution in [0.5, 0.6) is 5.88 Å². The van der Waals surface area contributed by atoms with E-state index in [4.69, 9.17) is 4.74 Å². The van der Waals surface area contributed by atoms with E-state index in [1.165, 1.54) is 19.3 Å². The highest BCUT2D eigenvalue weighted by Crippen LogP contribution is 2.39. The van der Waals surface area contributed by atoms with Crippen molar-refractivity contribution in [3.63, 3.8) is 0 Å². The van der Waals surface area contributed by atoms with E-state index in [1.54, 1.807) is 7.11 Å². The average Bonchev–Trinajstić information content (AvgIpc) is 2.67. The van der Waals surface area contributed by atoms with E-state index in [0.29, 0.717) is 29.5 Å². The number of fused-ring (bicyclic) bond motifs is 2. The molecule has 1 aromatic carbocycles. The molecule has 4 heteroatoms. The number of pyridine rings is 1. The van der Waals surface area contributed by atoms with E-state index in [0.717, 1.165) is 30.2 Å². The summed E-state index contributed by atoms with van der Waals surface area (Å²) in [5.74, 6) is 1.96. The van der Waals surface area contributed by atoms with Gasteiger partial charge in [-0.1, -0.05) is 38.0 Å². The normalized spacial score (nSPS) is 26.3. The van der Waals surface area contributed by atoms with Gasteiger partial charge in [-0.15, -0.1) is 0 Å². The van der Waals surface area contributed by atoms with E-state index >= 15 is 0 Å². The van der Waals surface area contributed by atoms with Gasteiger partial charge in [0.05, 0.1) is 7.11 Å². The number of carbonyl (C=O) groups excluding carboxylic acids is 1. The fourth-order valence-electron chi connectivity index (χ4n) is 4.74. The number of nitrogens with zero attached hydrogens (tertiary/aromatic N) is 2. The van der Waals surface area contributed by atoms with Crippen molar-refractivity contribution in [3.8, 4) is 5.88 Å². The third kappa shape index (κ3) is 2.88. The number of hydrogen-bond acceptors (Lipinski definition) is 3. The fourth-order valence-corrected chi connectivity index (χ4v) is 4.74. The van der Waals surface area contributed by atoms with E-state index < -0.39 is 0 Å².